The number of carbonyl (C=O) groups excluding carboxylic acids is 1. The maximum atomic E-state index is 15.4. The van der Waals surface area contributed by atoms with Gasteiger partial charge < -0.3 is 18.8 Å². The molecule has 218 valence electrons. The number of nitriles is 1. The molecule has 8 nitrogen and oxygen atoms in total. The molecule has 0 bridgehead atoms. The SMILES string of the molecule is COC(=O)c1cc2c(nc(Cc3cc(F)c(-c4cccc(OCc5ccc(C#N)cc5F)n4)cc3F)n2C[C@@H]2CCO2)s1. The van der Waals surface area contributed by atoms with Crippen molar-refractivity contribution in [1.82, 2.24) is 14.5 Å². The molecule has 1 aliphatic rings. The molecule has 0 saturated carbocycles. The van der Waals surface area contributed by atoms with Gasteiger partial charge in [0.25, 0.3) is 0 Å². The lowest BCUT2D eigenvalue weighted by Crippen LogP contribution is -2.31. The Labute approximate surface area is 247 Å². The molecule has 1 fully saturated rings. The molecule has 6 rings (SSSR count). The van der Waals surface area contributed by atoms with Gasteiger partial charge in [-0.1, -0.05) is 12.1 Å². The van der Waals surface area contributed by atoms with Gasteiger partial charge in [-0.05, 0) is 48.4 Å². The predicted octanol–water partition coefficient (Wildman–Crippen LogP) is 6.19. The van der Waals surface area contributed by atoms with Crippen LogP contribution in [0.15, 0.2) is 54.6 Å². The van der Waals surface area contributed by atoms with Crippen LogP contribution < -0.4 is 4.74 Å². The van der Waals surface area contributed by atoms with Gasteiger partial charge in [-0.2, -0.15) is 5.26 Å². The van der Waals surface area contributed by atoms with E-state index in [1.807, 2.05) is 10.6 Å². The third-order valence-electron chi connectivity index (χ3n) is 7.13. The minimum atomic E-state index is -0.686. The van der Waals surface area contributed by atoms with Gasteiger partial charge in [0.1, 0.15) is 39.6 Å². The summed E-state index contributed by atoms with van der Waals surface area (Å²) >= 11 is 1.17. The predicted molar refractivity (Wildman–Crippen MR) is 151 cm³/mol. The van der Waals surface area contributed by atoms with Gasteiger partial charge in [0.05, 0.1) is 42.6 Å². The lowest BCUT2D eigenvalue weighted by Gasteiger charge is -2.27. The molecule has 0 amide bonds. The van der Waals surface area contributed by atoms with Gasteiger partial charge in [0.15, 0.2) is 0 Å². The summed E-state index contributed by atoms with van der Waals surface area (Å²) in [5.74, 6) is -1.78. The normalized spacial score (nSPS) is 14.3. The Kier molecular flexibility index (Phi) is 7.84. The number of nitrogens with zero attached hydrogens (tertiary/aromatic N) is 4. The van der Waals surface area contributed by atoms with Gasteiger partial charge in [-0.25, -0.2) is 27.9 Å². The number of hydrogen-bond acceptors (Lipinski definition) is 8. The molecule has 12 heteroatoms. The van der Waals surface area contributed by atoms with E-state index < -0.39 is 23.4 Å². The number of methoxy groups -OCH3 is 1. The zero-order valence-corrected chi connectivity index (χ0v) is 23.6. The molecule has 1 aliphatic heterocycles. The Morgan fingerprint density at radius 3 is 2.63 bits per heavy atom. The van der Waals surface area contributed by atoms with Crippen LogP contribution >= 0.6 is 11.3 Å². The number of aromatic nitrogens is 3. The molecule has 0 aliphatic carbocycles. The van der Waals surface area contributed by atoms with E-state index in [1.54, 1.807) is 12.1 Å². The largest absolute Gasteiger partial charge is 0.473 e. The van der Waals surface area contributed by atoms with E-state index in [9.17, 15) is 9.18 Å². The number of esters is 1. The minimum absolute atomic E-state index is 0.0114. The summed E-state index contributed by atoms with van der Waals surface area (Å²) in [5.41, 5.74) is 1.29. The summed E-state index contributed by atoms with van der Waals surface area (Å²) in [6.45, 7) is 0.956. The number of rotatable bonds is 9. The summed E-state index contributed by atoms with van der Waals surface area (Å²) in [4.78, 5) is 22.0. The Morgan fingerprint density at radius 1 is 1.09 bits per heavy atom. The van der Waals surface area contributed by atoms with Crippen molar-refractivity contribution < 1.29 is 32.2 Å². The fourth-order valence-electron chi connectivity index (χ4n) is 4.75. The van der Waals surface area contributed by atoms with E-state index >= 15 is 8.78 Å². The summed E-state index contributed by atoms with van der Waals surface area (Å²) in [5, 5.41) is 8.90. The Morgan fingerprint density at radius 2 is 1.91 bits per heavy atom. The van der Waals surface area contributed by atoms with Gasteiger partial charge in [0, 0.05) is 30.2 Å². The topological polar surface area (TPSA) is 99.3 Å². The lowest BCUT2D eigenvalue weighted by atomic mass is 10.0. The highest BCUT2D eigenvalue weighted by Crippen LogP contribution is 2.31. The number of halogens is 3. The fourth-order valence-corrected chi connectivity index (χ4v) is 5.73. The van der Waals surface area contributed by atoms with Crippen molar-refractivity contribution >= 4 is 27.7 Å². The maximum absolute atomic E-state index is 15.4. The molecule has 2 aromatic carbocycles. The molecular weight excluding hydrogens is 581 g/mol. The third kappa shape index (κ3) is 5.82. The molecule has 5 aromatic rings. The van der Waals surface area contributed by atoms with Crippen LogP contribution in [0.3, 0.4) is 0 Å². The molecule has 0 radical (unpaired) electrons. The van der Waals surface area contributed by atoms with Crippen molar-refractivity contribution in [3.8, 4) is 23.2 Å². The summed E-state index contributed by atoms with van der Waals surface area (Å²) < 4.78 is 62.9. The van der Waals surface area contributed by atoms with Crippen LogP contribution in [-0.2, 0) is 29.0 Å². The second kappa shape index (κ2) is 11.9. The number of imidazole rings is 1. The van der Waals surface area contributed by atoms with Crippen molar-refractivity contribution in [2.75, 3.05) is 13.7 Å². The molecule has 0 N–H and O–H groups in total. The molecule has 0 unspecified atom stereocenters. The van der Waals surface area contributed by atoms with Crippen molar-refractivity contribution in [3.63, 3.8) is 0 Å². The average Bonchev–Trinajstić information content (AvgIpc) is 3.53. The quantitative estimate of drug-likeness (QED) is 0.185. The molecular formula is C31H23F3N4O4S. The summed E-state index contributed by atoms with van der Waals surface area (Å²) in [7, 11) is 1.31. The molecule has 3 aromatic heterocycles. The van der Waals surface area contributed by atoms with Crippen LogP contribution in [0, 0.1) is 28.8 Å². The monoisotopic (exact) mass is 604 g/mol. The Balaban J connectivity index is 1.24. The van der Waals surface area contributed by atoms with Crippen LogP contribution in [0.1, 0.15) is 38.6 Å². The summed E-state index contributed by atoms with van der Waals surface area (Å²) in [6, 6.07) is 14.4. The van der Waals surface area contributed by atoms with E-state index in [-0.39, 0.29) is 53.0 Å². The van der Waals surface area contributed by atoms with Crippen LogP contribution in [0.4, 0.5) is 13.2 Å². The van der Waals surface area contributed by atoms with Gasteiger partial charge in [-0.15, -0.1) is 11.3 Å². The van der Waals surface area contributed by atoms with Crippen LogP contribution in [0.2, 0.25) is 0 Å². The van der Waals surface area contributed by atoms with Crippen LogP contribution in [0.25, 0.3) is 21.6 Å². The summed E-state index contributed by atoms with van der Waals surface area (Å²) in [6.07, 6.45) is 0.844. The van der Waals surface area contributed by atoms with Crippen molar-refractivity contribution in [2.24, 2.45) is 0 Å². The highest BCUT2D eigenvalue weighted by atomic mass is 32.1. The smallest absolute Gasteiger partial charge is 0.348 e. The lowest BCUT2D eigenvalue weighted by molar-refractivity contribution is -0.0589. The number of carbonyl (C=O) groups is 1. The van der Waals surface area contributed by atoms with E-state index in [1.165, 1.54) is 42.7 Å². The van der Waals surface area contributed by atoms with Crippen molar-refractivity contribution in [2.45, 2.75) is 32.1 Å². The Hall–Kier alpha value is -4.73. The number of benzene rings is 2. The first-order valence-electron chi connectivity index (χ1n) is 13.3. The van der Waals surface area contributed by atoms with Crippen LogP contribution in [-0.4, -0.2) is 40.3 Å². The number of ether oxygens (including phenoxy) is 3. The highest BCUT2D eigenvalue weighted by Gasteiger charge is 2.25. The first-order valence-corrected chi connectivity index (χ1v) is 14.1. The fraction of sp³-hybridized carbons (Fsp3) is 0.226. The van der Waals surface area contributed by atoms with Crippen LogP contribution in [0.5, 0.6) is 5.88 Å². The number of thiophene rings is 1. The number of hydrogen-bond donors (Lipinski definition) is 0. The minimum Gasteiger partial charge on any atom is -0.473 e. The molecule has 1 atom stereocenters. The van der Waals surface area contributed by atoms with Gasteiger partial charge >= 0.3 is 5.97 Å². The van der Waals surface area contributed by atoms with E-state index in [4.69, 9.17) is 19.5 Å². The van der Waals surface area contributed by atoms with Crippen molar-refractivity contribution in [1.29, 1.82) is 5.26 Å². The zero-order chi connectivity index (χ0) is 30.1. The molecule has 0 spiro atoms. The molecule has 1 saturated heterocycles. The first kappa shape index (κ1) is 28.4. The van der Waals surface area contributed by atoms with E-state index in [2.05, 4.69) is 9.97 Å². The third-order valence-corrected chi connectivity index (χ3v) is 8.13. The highest BCUT2D eigenvalue weighted by molar-refractivity contribution is 7.20. The Bertz CT molecular complexity index is 1890. The maximum Gasteiger partial charge on any atom is 0.348 e. The van der Waals surface area contributed by atoms with Gasteiger partial charge in [-0.3, -0.25) is 0 Å². The van der Waals surface area contributed by atoms with Crippen molar-refractivity contribution in [3.05, 3.63) is 99.4 Å². The van der Waals surface area contributed by atoms with E-state index in [0.717, 1.165) is 24.6 Å². The first-order chi connectivity index (χ1) is 20.8. The number of pyridine rings is 1. The number of fused-ring (bicyclic) bond motifs is 1. The second-order valence-electron chi connectivity index (χ2n) is 9.88. The molecule has 43 heavy (non-hydrogen) atoms. The van der Waals surface area contributed by atoms with Gasteiger partial charge in [0.2, 0.25) is 5.88 Å². The average molecular weight is 605 g/mol. The molecule has 4 heterocycles. The van der Waals surface area contributed by atoms with E-state index in [0.29, 0.717) is 34.2 Å². The zero-order valence-electron chi connectivity index (χ0n) is 22.8. The standard InChI is InChI=1S/C31H23F3N4O4S/c1-40-31(39)27-13-26-30(43-27)37-28(38(26)15-20-7-8-41-20)11-19-10-24(34)21(12-23(19)33)25-3-2-4-29(36-25)42-16-18-6-5-17(14-35)9-22(18)32/h2-6,9-10,12-13,20H,7-8,11,15-16H2,1H3/t20-/m0/s1. The second-order valence-corrected chi connectivity index (χ2v) is 10.9.